The fourth-order valence-electron chi connectivity index (χ4n) is 5.38. The van der Waals surface area contributed by atoms with Gasteiger partial charge >= 0.3 is 0 Å². The fraction of sp³-hybridized carbons (Fsp3) is 0.360. The average molecular weight is 443 g/mol. The maximum atomic E-state index is 11.7. The van der Waals surface area contributed by atoms with E-state index in [1.807, 2.05) is 35.8 Å². The number of aromatic nitrogens is 4. The number of fused-ring (bicyclic) bond motifs is 2. The molecule has 0 unspecified atom stereocenters. The summed E-state index contributed by atoms with van der Waals surface area (Å²) < 4.78 is 7.50. The summed E-state index contributed by atoms with van der Waals surface area (Å²) in [6.07, 6.45) is 6.79. The Balaban J connectivity index is 1.34. The molecule has 8 nitrogen and oxygen atoms in total. The summed E-state index contributed by atoms with van der Waals surface area (Å²) >= 11 is 0. The molecular formula is C25H26N6O2. The topological polar surface area (TPSA) is 84.6 Å². The smallest absolute Gasteiger partial charge is 0.244 e. The van der Waals surface area contributed by atoms with Crippen molar-refractivity contribution in [3.63, 3.8) is 0 Å². The number of nitrogens with zero attached hydrogens (tertiary/aromatic N) is 5. The van der Waals surface area contributed by atoms with Gasteiger partial charge in [-0.2, -0.15) is 4.98 Å². The molecule has 1 aliphatic carbocycles. The zero-order chi connectivity index (χ0) is 22.6. The molecule has 1 N–H and O–H groups in total. The zero-order valence-electron chi connectivity index (χ0n) is 18.7. The summed E-state index contributed by atoms with van der Waals surface area (Å²) in [6.45, 7) is 4.12. The predicted octanol–water partition coefficient (Wildman–Crippen LogP) is 3.42. The maximum Gasteiger partial charge on any atom is 0.244 e. The third-order valence-corrected chi connectivity index (χ3v) is 7.17. The van der Waals surface area contributed by atoms with Crippen molar-refractivity contribution >= 4 is 28.7 Å². The highest BCUT2D eigenvalue weighted by atomic mass is 16.5. The minimum atomic E-state index is -0.322. The van der Waals surface area contributed by atoms with Gasteiger partial charge in [0.1, 0.15) is 11.8 Å². The van der Waals surface area contributed by atoms with Gasteiger partial charge in [-0.05, 0) is 55.8 Å². The Bertz CT molecular complexity index is 1360. The molecule has 1 aliphatic heterocycles. The molecule has 0 bridgehead atoms. The van der Waals surface area contributed by atoms with E-state index in [1.54, 1.807) is 13.3 Å². The van der Waals surface area contributed by atoms with Gasteiger partial charge in [0.15, 0.2) is 0 Å². The Morgan fingerprint density at radius 3 is 2.88 bits per heavy atom. The van der Waals surface area contributed by atoms with Gasteiger partial charge in [0.05, 0.1) is 12.6 Å². The van der Waals surface area contributed by atoms with Gasteiger partial charge in [-0.1, -0.05) is 19.1 Å². The number of aldehydes is 1. The van der Waals surface area contributed by atoms with Crippen molar-refractivity contribution in [3.05, 3.63) is 48.8 Å². The van der Waals surface area contributed by atoms with Crippen molar-refractivity contribution in [1.82, 2.24) is 24.5 Å². The number of carbonyl (C=O) groups excluding carboxylic acids is 1. The summed E-state index contributed by atoms with van der Waals surface area (Å²) in [5, 5.41) is 9.27. The van der Waals surface area contributed by atoms with Crippen LogP contribution in [0.3, 0.4) is 0 Å². The second-order valence-corrected chi connectivity index (χ2v) is 9.29. The van der Waals surface area contributed by atoms with Crippen LogP contribution in [0.15, 0.2) is 48.8 Å². The van der Waals surface area contributed by atoms with Crippen molar-refractivity contribution in [1.29, 1.82) is 0 Å². The zero-order valence-corrected chi connectivity index (χ0v) is 18.7. The van der Waals surface area contributed by atoms with Crippen LogP contribution >= 0.6 is 0 Å². The highest BCUT2D eigenvalue weighted by molar-refractivity contribution is 5.90. The molecule has 4 heterocycles. The Morgan fingerprint density at radius 2 is 2.12 bits per heavy atom. The van der Waals surface area contributed by atoms with E-state index in [-0.39, 0.29) is 17.5 Å². The molecule has 0 amide bonds. The second kappa shape index (κ2) is 7.52. The molecule has 0 radical (unpaired) electrons. The first-order chi connectivity index (χ1) is 16.1. The van der Waals surface area contributed by atoms with Gasteiger partial charge in [-0.15, -0.1) is 5.10 Å². The van der Waals surface area contributed by atoms with E-state index < -0.39 is 0 Å². The first kappa shape index (κ1) is 20.1. The van der Waals surface area contributed by atoms with Crippen LogP contribution in [0.5, 0.6) is 5.88 Å². The summed E-state index contributed by atoms with van der Waals surface area (Å²) in [7, 11) is 1.63. The van der Waals surface area contributed by atoms with E-state index >= 15 is 0 Å². The fourth-order valence-corrected chi connectivity index (χ4v) is 5.38. The SMILES string of the molecule is COc1nc(N[C@@H]2C[C@@](C)(C=O)[C@H]2N2CCC2)nn2ccc(-c3ccc4ncccc4c3)c12. The van der Waals surface area contributed by atoms with Crippen LogP contribution in [0.1, 0.15) is 19.8 Å². The van der Waals surface area contributed by atoms with Crippen molar-refractivity contribution in [2.24, 2.45) is 5.41 Å². The monoisotopic (exact) mass is 442 g/mol. The lowest BCUT2D eigenvalue weighted by molar-refractivity contribution is -0.131. The minimum absolute atomic E-state index is 0.130. The van der Waals surface area contributed by atoms with Gasteiger partial charge in [0.25, 0.3) is 0 Å². The van der Waals surface area contributed by atoms with Gasteiger partial charge < -0.3 is 14.8 Å². The molecule has 33 heavy (non-hydrogen) atoms. The summed E-state index contributed by atoms with van der Waals surface area (Å²) in [6, 6.07) is 12.5. The van der Waals surface area contributed by atoms with E-state index in [0.717, 1.165) is 53.3 Å². The molecule has 1 saturated carbocycles. The third kappa shape index (κ3) is 3.16. The number of carbonyl (C=O) groups is 1. The quantitative estimate of drug-likeness (QED) is 0.458. The van der Waals surface area contributed by atoms with Gasteiger partial charge in [0.2, 0.25) is 11.8 Å². The normalized spacial score (nSPS) is 24.9. The molecule has 0 spiro atoms. The number of methoxy groups -OCH3 is 1. The van der Waals surface area contributed by atoms with Crippen LogP contribution < -0.4 is 10.1 Å². The largest absolute Gasteiger partial charge is 0.479 e. The Morgan fingerprint density at radius 1 is 1.24 bits per heavy atom. The van der Waals surface area contributed by atoms with Crippen LogP contribution in [0.25, 0.3) is 27.5 Å². The van der Waals surface area contributed by atoms with Crippen molar-refractivity contribution in [3.8, 4) is 17.0 Å². The molecular weight excluding hydrogens is 416 g/mol. The standard InChI is InChI=1S/C25H26N6O2/c1-25(15-32)14-20(22(25)30-10-4-11-30)27-24-28-23(33-2)21-18(8-12-31(21)29-24)16-6-7-19-17(13-16)5-3-9-26-19/h3,5-9,12-13,15,20,22H,4,10-11,14H2,1-2H3,(H,27,29)/t20-,22+,25+/m1/s1. The maximum absolute atomic E-state index is 11.7. The molecule has 168 valence electrons. The molecule has 6 rings (SSSR count). The van der Waals surface area contributed by atoms with Crippen molar-refractivity contribution in [2.75, 3.05) is 25.5 Å². The van der Waals surface area contributed by atoms with Crippen LogP contribution in [0.2, 0.25) is 0 Å². The van der Waals surface area contributed by atoms with E-state index in [4.69, 9.17) is 9.84 Å². The summed E-state index contributed by atoms with van der Waals surface area (Å²) in [5.41, 5.74) is 3.51. The number of hydrogen-bond acceptors (Lipinski definition) is 7. The predicted molar refractivity (Wildman–Crippen MR) is 126 cm³/mol. The Labute approximate surface area is 191 Å². The van der Waals surface area contributed by atoms with E-state index in [0.29, 0.717) is 11.8 Å². The second-order valence-electron chi connectivity index (χ2n) is 9.29. The number of ether oxygens (including phenoxy) is 1. The average Bonchev–Trinajstić information content (AvgIpc) is 3.24. The van der Waals surface area contributed by atoms with Gasteiger partial charge in [-0.3, -0.25) is 9.88 Å². The first-order valence-corrected chi connectivity index (χ1v) is 11.3. The lowest BCUT2D eigenvalue weighted by Gasteiger charge is -2.57. The molecule has 3 aromatic heterocycles. The summed E-state index contributed by atoms with van der Waals surface area (Å²) in [5.74, 6) is 1.02. The van der Waals surface area contributed by atoms with Crippen molar-refractivity contribution in [2.45, 2.75) is 31.8 Å². The number of nitrogens with one attached hydrogen (secondary N) is 1. The number of hydrogen-bond donors (Lipinski definition) is 1. The third-order valence-electron chi connectivity index (χ3n) is 7.17. The van der Waals surface area contributed by atoms with Crippen LogP contribution in [-0.4, -0.2) is 63.1 Å². The molecule has 1 saturated heterocycles. The molecule has 8 heteroatoms. The van der Waals surface area contributed by atoms with E-state index in [1.165, 1.54) is 6.42 Å². The van der Waals surface area contributed by atoms with Gasteiger partial charge in [0, 0.05) is 40.8 Å². The van der Waals surface area contributed by atoms with E-state index in [9.17, 15) is 4.79 Å². The van der Waals surface area contributed by atoms with Gasteiger partial charge in [-0.25, -0.2) is 4.52 Å². The number of benzene rings is 1. The molecule has 3 atom stereocenters. The summed E-state index contributed by atoms with van der Waals surface area (Å²) in [4.78, 5) is 23.2. The van der Waals surface area contributed by atoms with Crippen LogP contribution in [-0.2, 0) is 4.79 Å². The molecule has 2 aliphatic rings. The minimum Gasteiger partial charge on any atom is -0.479 e. The highest BCUT2D eigenvalue weighted by Gasteiger charge is 2.54. The van der Waals surface area contributed by atoms with Crippen LogP contribution in [0.4, 0.5) is 5.95 Å². The Hall–Kier alpha value is -3.52. The van der Waals surface area contributed by atoms with E-state index in [2.05, 4.69) is 38.4 Å². The number of rotatable bonds is 6. The molecule has 2 fully saturated rings. The highest BCUT2D eigenvalue weighted by Crippen LogP contribution is 2.45. The lowest BCUT2D eigenvalue weighted by Crippen LogP contribution is -2.69. The number of anilines is 1. The molecule has 4 aromatic rings. The first-order valence-electron chi connectivity index (χ1n) is 11.3. The van der Waals surface area contributed by atoms with Crippen molar-refractivity contribution < 1.29 is 9.53 Å². The number of likely N-dealkylation sites (tertiary alicyclic amines) is 1. The lowest BCUT2D eigenvalue weighted by atomic mass is 9.62. The number of pyridine rings is 1. The van der Waals surface area contributed by atoms with Crippen LogP contribution in [0, 0.1) is 5.41 Å². The Kier molecular flexibility index (Phi) is 4.58. The molecule has 1 aromatic carbocycles.